The Morgan fingerprint density at radius 1 is 1.29 bits per heavy atom. The van der Waals surface area contributed by atoms with E-state index in [-0.39, 0.29) is 12.0 Å². The van der Waals surface area contributed by atoms with Crippen molar-refractivity contribution in [3.05, 3.63) is 24.2 Å². The van der Waals surface area contributed by atoms with Crippen LogP contribution in [-0.4, -0.2) is 60.8 Å². The molecule has 3 saturated heterocycles. The molecule has 3 aliphatic heterocycles. The summed E-state index contributed by atoms with van der Waals surface area (Å²) in [4.78, 5) is 17.5. The van der Waals surface area contributed by atoms with Crippen LogP contribution in [0.5, 0.6) is 0 Å². The van der Waals surface area contributed by atoms with Crippen molar-refractivity contribution >= 4 is 5.91 Å². The van der Waals surface area contributed by atoms with Crippen LogP contribution in [0.25, 0.3) is 0 Å². The fourth-order valence-corrected chi connectivity index (χ4v) is 4.48. The highest BCUT2D eigenvalue weighted by Gasteiger charge is 2.54. The van der Waals surface area contributed by atoms with Gasteiger partial charge < -0.3 is 14.1 Å². The van der Waals surface area contributed by atoms with Crippen LogP contribution in [0.3, 0.4) is 0 Å². The predicted octanol–water partition coefficient (Wildman–Crippen LogP) is 2.22. The van der Waals surface area contributed by atoms with Gasteiger partial charge in [-0.2, -0.15) is 0 Å². The van der Waals surface area contributed by atoms with Gasteiger partial charge in [0.1, 0.15) is 6.17 Å². The molecule has 4 heterocycles. The van der Waals surface area contributed by atoms with Gasteiger partial charge in [-0.1, -0.05) is 0 Å². The summed E-state index contributed by atoms with van der Waals surface area (Å²) < 4.78 is 24.5. The van der Waals surface area contributed by atoms with Crippen molar-refractivity contribution in [3.8, 4) is 0 Å². The zero-order chi connectivity index (χ0) is 16.6. The molecule has 1 aromatic rings. The molecule has 0 aromatic carbocycles. The van der Waals surface area contributed by atoms with Gasteiger partial charge in [0.25, 0.3) is 0 Å². The molecule has 2 atom stereocenters. The van der Waals surface area contributed by atoms with Crippen molar-refractivity contribution in [2.24, 2.45) is 5.41 Å². The van der Waals surface area contributed by atoms with Crippen LogP contribution in [0.4, 0.5) is 4.39 Å². The molecule has 0 spiro atoms. The highest BCUT2D eigenvalue weighted by molar-refractivity contribution is 5.84. The third kappa shape index (κ3) is 2.86. The highest BCUT2D eigenvalue weighted by atomic mass is 19.1. The number of fused-ring (bicyclic) bond motifs is 1. The molecule has 5 nitrogen and oxygen atoms in total. The summed E-state index contributed by atoms with van der Waals surface area (Å²) in [5.41, 5.74) is 0.679. The van der Waals surface area contributed by atoms with E-state index in [1.165, 1.54) is 0 Å². The molecule has 3 fully saturated rings. The molecule has 3 aliphatic rings. The summed E-state index contributed by atoms with van der Waals surface area (Å²) in [6.45, 7) is 4.17. The monoisotopic (exact) mass is 336 g/mol. The predicted molar refractivity (Wildman–Crippen MR) is 86.1 cm³/mol. The number of carbonyl (C=O) groups is 1. The summed E-state index contributed by atoms with van der Waals surface area (Å²) in [6.07, 6.45) is 5.27. The molecule has 1 aromatic heterocycles. The van der Waals surface area contributed by atoms with E-state index in [2.05, 4.69) is 4.90 Å². The lowest BCUT2D eigenvalue weighted by Gasteiger charge is -2.45. The van der Waals surface area contributed by atoms with Crippen molar-refractivity contribution in [3.63, 3.8) is 0 Å². The van der Waals surface area contributed by atoms with Crippen LogP contribution < -0.4 is 0 Å². The molecule has 0 aliphatic carbocycles. The van der Waals surface area contributed by atoms with Gasteiger partial charge in [-0.15, -0.1) is 0 Å². The maximum Gasteiger partial charge on any atom is 0.232 e. The first-order valence-electron chi connectivity index (χ1n) is 8.96. The van der Waals surface area contributed by atoms with E-state index in [9.17, 15) is 9.18 Å². The first-order chi connectivity index (χ1) is 11.7. The average molecular weight is 336 g/mol. The number of ether oxygens (including phenoxy) is 1. The first kappa shape index (κ1) is 16.1. The number of carbonyl (C=O) groups excluding carboxylic acids is 1. The molecule has 0 radical (unpaired) electrons. The fourth-order valence-electron chi connectivity index (χ4n) is 4.48. The van der Waals surface area contributed by atoms with E-state index in [1.54, 1.807) is 12.5 Å². The Morgan fingerprint density at radius 2 is 2.12 bits per heavy atom. The summed E-state index contributed by atoms with van der Waals surface area (Å²) >= 11 is 0. The Hall–Kier alpha value is -1.40. The van der Waals surface area contributed by atoms with Crippen LogP contribution in [0.1, 0.15) is 31.2 Å². The summed E-state index contributed by atoms with van der Waals surface area (Å²) in [7, 11) is 0. The lowest BCUT2D eigenvalue weighted by Crippen LogP contribution is -2.58. The van der Waals surface area contributed by atoms with Gasteiger partial charge in [0.2, 0.25) is 5.91 Å². The molecular formula is C18H25FN2O3. The van der Waals surface area contributed by atoms with Crippen molar-refractivity contribution < 1.29 is 18.3 Å². The van der Waals surface area contributed by atoms with Crippen LogP contribution in [0.15, 0.2) is 23.0 Å². The maximum absolute atomic E-state index is 13.4. The minimum atomic E-state index is -0.758. The minimum absolute atomic E-state index is 0.00806. The number of halogens is 1. The highest BCUT2D eigenvalue weighted by Crippen LogP contribution is 2.43. The number of nitrogens with zero attached hydrogens (tertiary/aromatic N) is 2. The number of piperidine rings is 2. The topological polar surface area (TPSA) is 45.9 Å². The van der Waals surface area contributed by atoms with Crippen LogP contribution in [0, 0.1) is 5.41 Å². The lowest BCUT2D eigenvalue weighted by molar-refractivity contribution is -0.152. The smallest absolute Gasteiger partial charge is 0.232 e. The van der Waals surface area contributed by atoms with Crippen LogP contribution >= 0.6 is 0 Å². The van der Waals surface area contributed by atoms with E-state index in [0.717, 1.165) is 38.0 Å². The number of amides is 1. The third-order valence-electron chi connectivity index (χ3n) is 5.82. The molecule has 0 bridgehead atoms. The molecule has 4 rings (SSSR count). The molecule has 0 saturated carbocycles. The Morgan fingerprint density at radius 3 is 2.88 bits per heavy atom. The number of likely N-dealkylation sites (tertiary alicyclic amines) is 2. The van der Waals surface area contributed by atoms with Crippen LogP contribution in [-0.2, 0) is 16.1 Å². The van der Waals surface area contributed by atoms with Crippen molar-refractivity contribution in [2.75, 3.05) is 32.8 Å². The van der Waals surface area contributed by atoms with Gasteiger partial charge in [-0.25, -0.2) is 4.39 Å². The minimum Gasteiger partial charge on any atom is -0.472 e. The van der Waals surface area contributed by atoms with Gasteiger partial charge in [0, 0.05) is 44.9 Å². The summed E-state index contributed by atoms with van der Waals surface area (Å²) in [5.74, 6) is 0.175. The normalized spacial score (nSPS) is 32.0. The van der Waals surface area contributed by atoms with Gasteiger partial charge in [0.15, 0.2) is 0 Å². The van der Waals surface area contributed by atoms with Crippen molar-refractivity contribution in [1.29, 1.82) is 0 Å². The van der Waals surface area contributed by atoms with E-state index in [1.807, 2.05) is 11.0 Å². The van der Waals surface area contributed by atoms with E-state index in [0.29, 0.717) is 32.5 Å². The second-order valence-corrected chi connectivity index (χ2v) is 7.36. The van der Waals surface area contributed by atoms with Gasteiger partial charge in [0.05, 0.1) is 24.0 Å². The van der Waals surface area contributed by atoms with Gasteiger partial charge >= 0.3 is 0 Å². The largest absolute Gasteiger partial charge is 0.472 e. The zero-order valence-electron chi connectivity index (χ0n) is 14.0. The number of alkyl halides is 1. The Bertz CT molecular complexity index is 571. The molecule has 1 amide bonds. The molecule has 0 unspecified atom stereocenters. The Balaban J connectivity index is 1.50. The lowest BCUT2D eigenvalue weighted by atomic mass is 9.75. The van der Waals surface area contributed by atoms with Gasteiger partial charge in [-0.05, 0) is 31.7 Å². The molecule has 0 N–H and O–H groups in total. The number of hydrogen-bond acceptors (Lipinski definition) is 4. The number of rotatable bonds is 3. The van der Waals surface area contributed by atoms with E-state index in [4.69, 9.17) is 9.15 Å². The Labute approximate surface area is 141 Å². The second-order valence-electron chi connectivity index (χ2n) is 7.36. The summed E-state index contributed by atoms with van der Waals surface area (Å²) in [6, 6.07) is 1.97. The molecule has 24 heavy (non-hydrogen) atoms. The van der Waals surface area contributed by atoms with Crippen molar-refractivity contribution in [2.45, 2.75) is 44.5 Å². The third-order valence-corrected chi connectivity index (χ3v) is 5.82. The van der Waals surface area contributed by atoms with E-state index >= 15 is 0 Å². The number of furan rings is 1. The Kier molecular flexibility index (Phi) is 4.35. The standard InChI is InChI=1S/C18H25FN2O3/c19-15-1-7-21(8-2-15)17(22)18-5-10-24-16(18)3-6-20(13-18)11-14-4-9-23-12-14/h4,9,12,15-16H,1-3,5-8,10-11,13H2/t16-,18-/m1/s1. The molecular weight excluding hydrogens is 311 g/mol. The zero-order valence-corrected chi connectivity index (χ0v) is 14.0. The van der Waals surface area contributed by atoms with Gasteiger partial charge in [-0.3, -0.25) is 9.69 Å². The second kappa shape index (κ2) is 6.48. The fraction of sp³-hybridized carbons (Fsp3) is 0.722. The maximum atomic E-state index is 13.4. The molecule has 132 valence electrons. The van der Waals surface area contributed by atoms with Crippen molar-refractivity contribution in [1.82, 2.24) is 9.80 Å². The SMILES string of the molecule is O=C(N1CCC(F)CC1)[C@@]12CCO[C@@H]1CCN(Cc1ccoc1)C2. The van der Waals surface area contributed by atoms with E-state index < -0.39 is 11.6 Å². The quantitative estimate of drug-likeness (QED) is 0.849. The first-order valence-corrected chi connectivity index (χ1v) is 8.96. The molecule has 6 heteroatoms. The van der Waals surface area contributed by atoms with Crippen LogP contribution in [0.2, 0.25) is 0 Å². The summed E-state index contributed by atoms with van der Waals surface area (Å²) in [5, 5.41) is 0. The average Bonchev–Trinajstić information content (AvgIpc) is 3.24. The number of hydrogen-bond donors (Lipinski definition) is 0.